The maximum atomic E-state index is 11.5. The van der Waals surface area contributed by atoms with Gasteiger partial charge in [-0.25, -0.2) is 4.79 Å². The van der Waals surface area contributed by atoms with E-state index in [-0.39, 0.29) is 11.2 Å². The van der Waals surface area contributed by atoms with Gasteiger partial charge in [-0.3, -0.25) is 4.57 Å². The van der Waals surface area contributed by atoms with Crippen LogP contribution in [0.25, 0.3) is 5.69 Å². The fraction of sp³-hybridized carbons (Fsp3) is 0.357. The second kappa shape index (κ2) is 4.14. The molecule has 2 heterocycles. The lowest BCUT2D eigenvalue weighted by molar-refractivity contribution is 0.435. The number of hydrogen-bond donors (Lipinski definition) is 2. The minimum atomic E-state index is -0.104. The summed E-state index contributed by atoms with van der Waals surface area (Å²) in [6, 6.07) is 8.20. The van der Waals surface area contributed by atoms with Crippen LogP contribution in [0.3, 0.4) is 0 Å². The average Bonchev–Trinajstić information content (AvgIpc) is 2.99. The first-order chi connectivity index (χ1) is 8.69. The highest BCUT2D eigenvalue weighted by Crippen LogP contribution is 2.30. The lowest BCUT2D eigenvalue weighted by atomic mass is 9.90. The number of aromatic nitrogens is 2. The van der Waals surface area contributed by atoms with Crippen molar-refractivity contribution in [2.75, 3.05) is 6.54 Å². The van der Waals surface area contributed by atoms with Gasteiger partial charge in [0.2, 0.25) is 0 Å². The molecule has 0 bridgehead atoms. The second-order valence-corrected chi connectivity index (χ2v) is 5.04. The van der Waals surface area contributed by atoms with Gasteiger partial charge in [0, 0.05) is 17.9 Å². The Morgan fingerprint density at radius 1 is 1.28 bits per heavy atom. The van der Waals surface area contributed by atoms with E-state index in [1.165, 1.54) is 12.0 Å². The van der Waals surface area contributed by atoms with Crippen molar-refractivity contribution in [3.05, 3.63) is 52.7 Å². The molecule has 1 saturated heterocycles. The Kier molecular flexibility index (Phi) is 2.59. The highest BCUT2D eigenvalue weighted by molar-refractivity contribution is 5.37. The molecule has 0 amide bonds. The van der Waals surface area contributed by atoms with Crippen LogP contribution >= 0.6 is 0 Å². The van der Waals surface area contributed by atoms with Crippen LogP contribution in [0.4, 0.5) is 0 Å². The van der Waals surface area contributed by atoms with Gasteiger partial charge in [0.15, 0.2) is 0 Å². The maximum absolute atomic E-state index is 11.5. The number of nitrogens with one attached hydrogen (secondary N) is 2. The van der Waals surface area contributed by atoms with Crippen LogP contribution < -0.4 is 11.0 Å². The molecule has 18 heavy (non-hydrogen) atoms. The van der Waals surface area contributed by atoms with E-state index in [2.05, 4.69) is 29.4 Å². The first-order valence-electron chi connectivity index (χ1n) is 6.31. The quantitative estimate of drug-likeness (QED) is 0.844. The largest absolute Gasteiger partial charge is 0.330 e. The molecule has 0 aliphatic carbocycles. The molecule has 4 nitrogen and oxygen atoms in total. The van der Waals surface area contributed by atoms with Crippen LogP contribution in [0.1, 0.15) is 25.3 Å². The zero-order chi connectivity index (χ0) is 12.6. The highest BCUT2D eigenvalue weighted by Gasteiger charge is 2.29. The summed E-state index contributed by atoms with van der Waals surface area (Å²) in [4.78, 5) is 14.2. The van der Waals surface area contributed by atoms with Gasteiger partial charge in [0.05, 0.1) is 5.69 Å². The maximum Gasteiger partial charge on any atom is 0.330 e. The molecular formula is C14H17N3O. The van der Waals surface area contributed by atoms with Gasteiger partial charge in [-0.15, -0.1) is 0 Å². The number of H-pyrrole nitrogens is 1. The standard InChI is InChI=1S/C14H17N3O/c1-14(7-2-8-16-14)11-3-5-12(6-4-11)17-10-9-15-13(17)18/h3-6,9-10,16H,2,7-8H2,1H3,(H,15,18). The molecule has 0 saturated carbocycles. The minimum absolute atomic E-state index is 0.0850. The summed E-state index contributed by atoms with van der Waals surface area (Å²) in [5, 5.41) is 3.54. The molecule has 0 radical (unpaired) electrons. The van der Waals surface area contributed by atoms with Crippen LogP contribution in [-0.2, 0) is 5.54 Å². The van der Waals surface area contributed by atoms with Crippen molar-refractivity contribution < 1.29 is 0 Å². The van der Waals surface area contributed by atoms with Gasteiger partial charge in [0.1, 0.15) is 0 Å². The van der Waals surface area contributed by atoms with E-state index < -0.39 is 0 Å². The van der Waals surface area contributed by atoms with Gasteiger partial charge in [-0.05, 0) is 44.0 Å². The molecule has 0 spiro atoms. The van der Waals surface area contributed by atoms with Crippen LogP contribution in [0.2, 0.25) is 0 Å². The Balaban J connectivity index is 1.94. The molecule has 2 aromatic rings. The van der Waals surface area contributed by atoms with Crippen LogP contribution in [0, 0.1) is 0 Å². The topological polar surface area (TPSA) is 49.8 Å². The molecule has 3 rings (SSSR count). The van der Waals surface area contributed by atoms with E-state index in [0.29, 0.717) is 0 Å². The van der Waals surface area contributed by atoms with Crippen LogP contribution in [0.15, 0.2) is 41.5 Å². The summed E-state index contributed by atoms with van der Waals surface area (Å²) >= 11 is 0. The van der Waals surface area contributed by atoms with Crippen molar-refractivity contribution in [1.29, 1.82) is 0 Å². The van der Waals surface area contributed by atoms with Crippen molar-refractivity contribution in [2.45, 2.75) is 25.3 Å². The van der Waals surface area contributed by atoms with E-state index in [0.717, 1.165) is 18.7 Å². The number of nitrogens with zero attached hydrogens (tertiary/aromatic N) is 1. The molecule has 1 aliphatic rings. The zero-order valence-corrected chi connectivity index (χ0v) is 10.4. The summed E-state index contributed by atoms with van der Waals surface area (Å²) < 4.78 is 1.61. The van der Waals surface area contributed by atoms with Crippen molar-refractivity contribution in [1.82, 2.24) is 14.9 Å². The van der Waals surface area contributed by atoms with Crippen molar-refractivity contribution >= 4 is 0 Å². The molecule has 1 atom stereocenters. The number of aromatic amines is 1. The summed E-state index contributed by atoms with van der Waals surface area (Å²) in [5.41, 5.74) is 2.16. The summed E-state index contributed by atoms with van der Waals surface area (Å²) in [5.74, 6) is 0. The van der Waals surface area contributed by atoms with Crippen molar-refractivity contribution in [2.24, 2.45) is 0 Å². The lowest BCUT2D eigenvalue weighted by Crippen LogP contribution is -2.33. The van der Waals surface area contributed by atoms with Gasteiger partial charge in [-0.2, -0.15) is 0 Å². The molecule has 94 valence electrons. The fourth-order valence-corrected chi connectivity index (χ4v) is 2.65. The third-order valence-electron chi connectivity index (χ3n) is 3.80. The Bertz CT molecular complexity index is 588. The molecule has 1 aliphatic heterocycles. The Morgan fingerprint density at radius 2 is 2.06 bits per heavy atom. The molecule has 1 unspecified atom stereocenters. The third kappa shape index (κ3) is 1.78. The van der Waals surface area contributed by atoms with E-state index in [1.54, 1.807) is 17.0 Å². The first-order valence-corrected chi connectivity index (χ1v) is 6.31. The fourth-order valence-electron chi connectivity index (χ4n) is 2.65. The van der Waals surface area contributed by atoms with E-state index in [4.69, 9.17) is 0 Å². The van der Waals surface area contributed by atoms with Crippen molar-refractivity contribution in [3.63, 3.8) is 0 Å². The zero-order valence-electron chi connectivity index (χ0n) is 10.4. The lowest BCUT2D eigenvalue weighted by Gasteiger charge is -2.25. The van der Waals surface area contributed by atoms with Crippen molar-refractivity contribution in [3.8, 4) is 5.69 Å². The first kappa shape index (κ1) is 11.3. The van der Waals surface area contributed by atoms with E-state index in [9.17, 15) is 4.79 Å². The van der Waals surface area contributed by atoms with Crippen LogP contribution in [0.5, 0.6) is 0 Å². The Morgan fingerprint density at radius 3 is 2.61 bits per heavy atom. The predicted molar refractivity (Wildman–Crippen MR) is 71.0 cm³/mol. The SMILES string of the molecule is CC1(c2ccc(-n3cc[nH]c3=O)cc2)CCCN1. The van der Waals surface area contributed by atoms with Gasteiger partial charge < -0.3 is 10.3 Å². The third-order valence-corrected chi connectivity index (χ3v) is 3.80. The summed E-state index contributed by atoms with van der Waals surface area (Å²) in [6.07, 6.45) is 5.77. The normalized spacial score (nSPS) is 23.4. The van der Waals surface area contributed by atoms with Gasteiger partial charge in [0.25, 0.3) is 0 Å². The number of hydrogen-bond acceptors (Lipinski definition) is 2. The molecule has 2 N–H and O–H groups in total. The van der Waals surface area contributed by atoms with Crippen LogP contribution in [-0.4, -0.2) is 16.1 Å². The average molecular weight is 243 g/mol. The monoisotopic (exact) mass is 243 g/mol. The molecule has 1 fully saturated rings. The molecule has 4 heteroatoms. The number of benzene rings is 1. The Labute approximate surface area is 106 Å². The number of imidazole rings is 1. The van der Waals surface area contributed by atoms with E-state index >= 15 is 0 Å². The van der Waals surface area contributed by atoms with Gasteiger partial charge in [-0.1, -0.05) is 12.1 Å². The van der Waals surface area contributed by atoms with E-state index in [1.807, 2.05) is 12.1 Å². The molecule has 1 aromatic carbocycles. The summed E-state index contributed by atoms with van der Waals surface area (Å²) in [6.45, 7) is 3.31. The van der Waals surface area contributed by atoms with Gasteiger partial charge >= 0.3 is 5.69 Å². The molecular weight excluding hydrogens is 226 g/mol. The highest BCUT2D eigenvalue weighted by atomic mass is 16.1. The minimum Gasteiger partial charge on any atom is -0.312 e. The summed E-state index contributed by atoms with van der Waals surface area (Å²) in [7, 11) is 0. The smallest absolute Gasteiger partial charge is 0.312 e. The molecule has 1 aromatic heterocycles. The second-order valence-electron chi connectivity index (χ2n) is 5.04. The number of rotatable bonds is 2. The Hall–Kier alpha value is -1.81. The predicted octanol–water partition coefficient (Wildman–Crippen LogP) is 1.76.